The minimum Gasteiger partial charge on any atom is -0.355 e. The molecule has 3 heterocycles. The van der Waals surface area contributed by atoms with Crippen LogP contribution in [0.5, 0.6) is 0 Å². The summed E-state index contributed by atoms with van der Waals surface area (Å²) < 4.78 is 32.6. The van der Waals surface area contributed by atoms with Crippen molar-refractivity contribution in [2.45, 2.75) is 57.2 Å². The van der Waals surface area contributed by atoms with Crippen LogP contribution in [0.2, 0.25) is 0 Å². The molecule has 0 radical (unpaired) electrons. The van der Waals surface area contributed by atoms with Crippen molar-refractivity contribution in [1.29, 1.82) is 0 Å². The maximum Gasteiger partial charge on any atom is 0.273 e. The molecular formula is C26H30F2N6O3. The fourth-order valence-corrected chi connectivity index (χ4v) is 5.36. The first-order valence-corrected chi connectivity index (χ1v) is 12.7. The van der Waals surface area contributed by atoms with Gasteiger partial charge < -0.3 is 15.2 Å². The maximum atomic E-state index is 14.1. The number of carbonyl (C=O) groups excluding carboxylic acids is 2. The summed E-state index contributed by atoms with van der Waals surface area (Å²) in [6, 6.07) is 5.97. The van der Waals surface area contributed by atoms with Crippen LogP contribution in [0.4, 0.5) is 8.78 Å². The van der Waals surface area contributed by atoms with Gasteiger partial charge in [-0.15, -0.1) is 0 Å². The maximum absolute atomic E-state index is 14.1. The van der Waals surface area contributed by atoms with E-state index in [0.717, 1.165) is 37.2 Å². The highest BCUT2D eigenvalue weighted by Gasteiger charge is 2.39. The van der Waals surface area contributed by atoms with Crippen LogP contribution in [-0.4, -0.2) is 57.2 Å². The number of amides is 2. The third-order valence-electron chi connectivity index (χ3n) is 7.43. The number of aromatic amines is 1. The van der Waals surface area contributed by atoms with E-state index in [-0.39, 0.29) is 29.0 Å². The van der Waals surface area contributed by atoms with Gasteiger partial charge >= 0.3 is 0 Å². The molecule has 37 heavy (non-hydrogen) atoms. The molecule has 1 aliphatic heterocycles. The third-order valence-corrected chi connectivity index (χ3v) is 7.43. The predicted octanol–water partition coefficient (Wildman–Crippen LogP) is 3.58. The van der Waals surface area contributed by atoms with Crippen LogP contribution < -0.4 is 10.6 Å². The Morgan fingerprint density at radius 1 is 1.16 bits per heavy atom. The van der Waals surface area contributed by atoms with E-state index >= 15 is 0 Å². The summed E-state index contributed by atoms with van der Waals surface area (Å²) in [6.07, 6.45) is 6.87. The zero-order chi connectivity index (χ0) is 25.9. The van der Waals surface area contributed by atoms with Crippen LogP contribution in [0.15, 0.2) is 41.1 Å². The molecule has 3 aromatic rings. The Morgan fingerprint density at radius 3 is 2.70 bits per heavy atom. The molecule has 2 aromatic heterocycles. The van der Waals surface area contributed by atoms with Crippen molar-refractivity contribution in [3.05, 3.63) is 59.6 Å². The number of likely N-dealkylation sites (tertiary alicyclic amines) is 1. The summed E-state index contributed by atoms with van der Waals surface area (Å²) in [7, 11) is 0. The number of rotatable bonds is 7. The zero-order valence-corrected chi connectivity index (χ0v) is 20.5. The molecule has 2 amide bonds. The molecule has 196 valence electrons. The number of piperidine rings is 1. The van der Waals surface area contributed by atoms with Gasteiger partial charge in [0.05, 0.1) is 23.2 Å². The van der Waals surface area contributed by atoms with Crippen molar-refractivity contribution >= 4 is 11.8 Å². The Balaban J connectivity index is 1.30. The molecule has 1 aromatic carbocycles. The van der Waals surface area contributed by atoms with Crippen molar-refractivity contribution in [3.8, 4) is 11.3 Å². The number of hydrogen-bond donors (Lipinski definition) is 3. The molecule has 2 aliphatic rings. The Morgan fingerprint density at radius 2 is 1.97 bits per heavy atom. The number of nitrogens with zero attached hydrogens (tertiary/aromatic N) is 3. The SMILES string of the molecule is C[C@H](NC(=O)[C@H]1CN(C2CCCC2)CC[C@@H]1NC(=O)c1cc(-c2ccc(F)cc2F)on1)c1ccn[nH]1. The van der Waals surface area contributed by atoms with E-state index in [0.29, 0.717) is 19.0 Å². The fraction of sp³-hybridized carbons (Fsp3) is 0.462. The molecule has 2 fully saturated rings. The molecule has 3 atom stereocenters. The van der Waals surface area contributed by atoms with Gasteiger partial charge in [-0.1, -0.05) is 18.0 Å². The van der Waals surface area contributed by atoms with Gasteiger partial charge in [0, 0.05) is 43.5 Å². The highest BCUT2D eigenvalue weighted by atomic mass is 19.1. The van der Waals surface area contributed by atoms with Gasteiger partial charge in [-0.25, -0.2) is 8.78 Å². The predicted molar refractivity (Wildman–Crippen MR) is 130 cm³/mol. The Kier molecular flexibility index (Phi) is 7.31. The summed E-state index contributed by atoms with van der Waals surface area (Å²) in [5, 5.41) is 16.6. The molecule has 11 heteroatoms. The molecule has 3 N–H and O–H groups in total. The van der Waals surface area contributed by atoms with E-state index in [1.54, 1.807) is 6.20 Å². The lowest BCUT2D eigenvalue weighted by Crippen LogP contribution is -2.57. The topological polar surface area (TPSA) is 116 Å². The molecule has 1 saturated carbocycles. The molecule has 0 unspecified atom stereocenters. The average Bonchev–Trinajstić information content (AvgIpc) is 3.67. The number of benzene rings is 1. The van der Waals surface area contributed by atoms with Crippen molar-refractivity contribution < 1.29 is 22.9 Å². The summed E-state index contributed by atoms with van der Waals surface area (Å²) >= 11 is 0. The van der Waals surface area contributed by atoms with E-state index < -0.39 is 29.5 Å². The largest absolute Gasteiger partial charge is 0.355 e. The molecule has 0 spiro atoms. The van der Waals surface area contributed by atoms with E-state index in [1.807, 2.05) is 13.0 Å². The van der Waals surface area contributed by atoms with Gasteiger partial charge in [0.2, 0.25) is 5.91 Å². The fourth-order valence-electron chi connectivity index (χ4n) is 5.36. The number of hydrogen-bond acceptors (Lipinski definition) is 6. The van der Waals surface area contributed by atoms with Crippen molar-refractivity contribution in [2.75, 3.05) is 13.1 Å². The smallest absolute Gasteiger partial charge is 0.273 e. The van der Waals surface area contributed by atoms with Crippen molar-refractivity contribution in [2.24, 2.45) is 5.92 Å². The van der Waals surface area contributed by atoms with E-state index in [9.17, 15) is 18.4 Å². The summed E-state index contributed by atoms with van der Waals surface area (Å²) in [5.74, 6) is -2.65. The Bertz CT molecular complexity index is 1240. The summed E-state index contributed by atoms with van der Waals surface area (Å²) in [6.45, 7) is 3.20. The number of nitrogens with one attached hydrogen (secondary N) is 3. The van der Waals surface area contributed by atoms with Crippen molar-refractivity contribution in [3.63, 3.8) is 0 Å². The number of halogens is 2. The highest BCUT2D eigenvalue weighted by molar-refractivity contribution is 5.94. The molecule has 1 aliphatic carbocycles. The standard InChI is InChI=1S/C26H30F2N6O3/c1-15(21-8-10-29-32-21)30-25(35)19-14-34(17-4-2-3-5-17)11-9-22(19)31-26(36)23-13-24(37-33-23)18-7-6-16(27)12-20(18)28/h6-8,10,12-13,15,17,19,22H,2-5,9,11,14H2,1H3,(H,29,32)(H,30,35)(H,31,36)/t15-,19-,22-/m0/s1. The number of H-pyrrole nitrogens is 1. The van der Waals surface area contributed by atoms with Gasteiger partial charge in [0.15, 0.2) is 11.5 Å². The van der Waals surface area contributed by atoms with Crippen LogP contribution in [0.25, 0.3) is 11.3 Å². The van der Waals surface area contributed by atoms with Gasteiger partial charge in [0.1, 0.15) is 11.6 Å². The summed E-state index contributed by atoms with van der Waals surface area (Å²) in [4.78, 5) is 28.8. The monoisotopic (exact) mass is 512 g/mol. The quantitative estimate of drug-likeness (QED) is 0.446. The van der Waals surface area contributed by atoms with E-state index in [4.69, 9.17) is 4.52 Å². The van der Waals surface area contributed by atoms with Crippen LogP contribution in [0.1, 0.15) is 61.3 Å². The highest BCUT2D eigenvalue weighted by Crippen LogP contribution is 2.29. The first kappa shape index (κ1) is 25.1. The Labute approximate surface area is 213 Å². The zero-order valence-electron chi connectivity index (χ0n) is 20.5. The minimum absolute atomic E-state index is 0.00266. The first-order chi connectivity index (χ1) is 17.9. The van der Waals surface area contributed by atoms with Crippen molar-refractivity contribution in [1.82, 2.24) is 30.9 Å². The molecular weight excluding hydrogens is 482 g/mol. The van der Waals surface area contributed by atoms with Crippen LogP contribution in [0.3, 0.4) is 0 Å². The first-order valence-electron chi connectivity index (χ1n) is 12.7. The molecule has 1 saturated heterocycles. The normalized spacial score (nSPS) is 21.6. The minimum atomic E-state index is -0.814. The molecule has 5 rings (SSSR count). The lowest BCUT2D eigenvalue weighted by molar-refractivity contribution is -0.128. The van der Waals surface area contributed by atoms with Gasteiger partial charge in [-0.2, -0.15) is 5.10 Å². The third kappa shape index (κ3) is 5.56. The second kappa shape index (κ2) is 10.8. The van der Waals surface area contributed by atoms with Gasteiger partial charge in [0.25, 0.3) is 5.91 Å². The molecule has 9 nitrogen and oxygen atoms in total. The lowest BCUT2D eigenvalue weighted by Gasteiger charge is -2.41. The number of aromatic nitrogens is 3. The number of carbonyl (C=O) groups is 2. The van der Waals surface area contributed by atoms with Crippen LogP contribution in [-0.2, 0) is 4.79 Å². The lowest BCUT2D eigenvalue weighted by atomic mass is 9.89. The van der Waals surface area contributed by atoms with Gasteiger partial charge in [-0.3, -0.25) is 19.6 Å². The Hall–Kier alpha value is -3.60. The van der Waals surface area contributed by atoms with E-state index in [2.05, 4.69) is 30.9 Å². The molecule has 0 bridgehead atoms. The van der Waals surface area contributed by atoms with E-state index in [1.165, 1.54) is 25.0 Å². The van der Waals surface area contributed by atoms with Gasteiger partial charge in [-0.05, 0) is 44.4 Å². The average molecular weight is 513 g/mol. The van der Waals surface area contributed by atoms with Crippen LogP contribution >= 0.6 is 0 Å². The summed E-state index contributed by atoms with van der Waals surface area (Å²) in [5.41, 5.74) is 0.755. The second-order valence-electron chi connectivity index (χ2n) is 9.85. The second-order valence-corrected chi connectivity index (χ2v) is 9.85. The van der Waals surface area contributed by atoms with Crippen LogP contribution in [0, 0.1) is 17.6 Å².